The van der Waals surface area contributed by atoms with Crippen molar-refractivity contribution in [2.75, 3.05) is 6.54 Å². The third-order valence-electron chi connectivity index (χ3n) is 3.33. The molecule has 0 fully saturated rings. The fourth-order valence-corrected chi connectivity index (χ4v) is 2.70. The van der Waals surface area contributed by atoms with E-state index < -0.39 is 0 Å². The number of hydrogen-bond acceptors (Lipinski definition) is 2. The van der Waals surface area contributed by atoms with Crippen LogP contribution in [0.3, 0.4) is 0 Å². The van der Waals surface area contributed by atoms with Crippen LogP contribution >= 0.6 is 11.6 Å². The third kappa shape index (κ3) is 3.05. The van der Waals surface area contributed by atoms with Gasteiger partial charge in [-0.1, -0.05) is 48.4 Å². The molecule has 3 nitrogen and oxygen atoms in total. The molecule has 1 aromatic carbocycles. The average molecular weight is 292 g/mol. The van der Waals surface area contributed by atoms with Gasteiger partial charge in [0, 0.05) is 6.04 Å². The van der Waals surface area contributed by atoms with Crippen LogP contribution in [0.2, 0.25) is 5.02 Å². The maximum Gasteiger partial charge on any atom is 0.0837 e. The zero-order chi connectivity index (χ0) is 14.7. The summed E-state index contributed by atoms with van der Waals surface area (Å²) in [6.45, 7) is 9.32. The number of nitrogens with one attached hydrogen (secondary N) is 1. The van der Waals surface area contributed by atoms with Crippen molar-refractivity contribution in [3.8, 4) is 0 Å². The number of benzene rings is 1. The van der Waals surface area contributed by atoms with E-state index in [1.807, 2.05) is 4.68 Å². The van der Waals surface area contributed by atoms with Crippen molar-refractivity contribution in [3.63, 3.8) is 0 Å². The van der Waals surface area contributed by atoms with Crippen molar-refractivity contribution >= 4 is 11.6 Å². The number of aryl methyl sites for hydroxylation is 1. The summed E-state index contributed by atoms with van der Waals surface area (Å²) in [5.41, 5.74) is 3.50. The van der Waals surface area contributed by atoms with E-state index in [2.05, 4.69) is 62.4 Å². The Balaban J connectivity index is 2.51. The van der Waals surface area contributed by atoms with Crippen molar-refractivity contribution in [2.24, 2.45) is 0 Å². The Kier molecular flexibility index (Phi) is 4.84. The van der Waals surface area contributed by atoms with Gasteiger partial charge in [0.05, 0.1) is 23.0 Å². The van der Waals surface area contributed by atoms with Gasteiger partial charge in [0.1, 0.15) is 0 Å². The van der Waals surface area contributed by atoms with Gasteiger partial charge in [-0.15, -0.1) is 0 Å². The van der Waals surface area contributed by atoms with E-state index in [1.54, 1.807) is 6.20 Å². The Morgan fingerprint density at radius 1 is 1.35 bits per heavy atom. The molecule has 1 aromatic heterocycles. The normalized spacial score (nSPS) is 12.9. The first-order valence-electron chi connectivity index (χ1n) is 7.07. The second-order valence-corrected chi connectivity index (χ2v) is 5.73. The van der Waals surface area contributed by atoms with Crippen molar-refractivity contribution < 1.29 is 0 Å². The molecule has 0 amide bonds. The van der Waals surface area contributed by atoms with Crippen molar-refractivity contribution in [2.45, 2.75) is 39.8 Å². The van der Waals surface area contributed by atoms with Crippen LogP contribution < -0.4 is 5.32 Å². The molecular formula is C16H22ClN3. The van der Waals surface area contributed by atoms with E-state index in [-0.39, 0.29) is 12.1 Å². The molecule has 0 saturated heterocycles. The highest BCUT2D eigenvalue weighted by Crippen LogP contribution is 2.30. The minimum absolute atomic E-state index is 0.0669. The Bertz CT molecular complexity index is 575. The lowest BCUT2D eigenvalue weighted by molar-refractivity contribution is 0.476. The van der Waals surface area contributed by atoms with Gasteiger partial charge in [0.2, 0.25) is 0 Å². The summed E-state index contributed by atoms with van der Waals surface area (Å²) >= 11 is 6.39. The predicted molar refractivity (Wildman–Crippen MR) is 84.3 cm³/mol. The van der Waals surface area contributed by atoms with Crippen LogP contribution in [0.15, 0.2) is 30.5 Å². The zero-order valence-electron chi connectivity index (χ0n) is 12.5. The molecule has 0 bridgehead atoms. The SMILES string of the molecule is CCNC(c1cccc(C)c1)c1c(Cl)cnn1C(C)C. The highest BCUT2D eigenvalue weighted by atomic mass is 35.5. The van der Waals surface area contributed by atoms with Crippen LogP contribution in [-0.2, 0) is 0 Å². The maximum absolute atomic E-state index is 6.39. The fraction of sp³-hybridized carbons (Fsp3) is 0.438. The standard InChI is InChI=1S/C16H22ClN3/c1-5-18-15(13-8-6-7-12(4)9-13)16-14(17)10-19-20(16)11(2)3/h6-11,15,18H,5H2,1-4H3. The van der Waals surface area contributed by atoms with Crippen molar-refractivity contribution in [1.29, 1.82) is 0 Å². The molecule has 0 aliphatic carbocycles. The van der Waals surface area contributed by atoms with Gasteiger partial charge < -0.3 is 5.32 Å². The smallest absolute Gasteiger partial charge is 0.0837 e. The molecule has 20 heavy (non-hydrogen) atoms. The molecule has 1 atom stereocenters. The molecule has 1 heterocycles. The third-order valence-corrected chi connectivity index (χ3v) is 3.62. The summed E-state index contributed by atoms with van der Waals surface area (Å²) in [5.74, 6) is 0. The minimum Gasteiger partial charge on any atom is -0.305 e. The molecule has 4 heteroatoms. The van der Waals surface area contributed by atoms with E-state index in [1.165, 1.54) is 11.1 Å². The van der Waals surface area contributed by atoms with Gasteiger partial charge in [-0.25, -0.2) is 0 Å². The topological polar surface area (TPSA) is 29.9 Å². The van der Waals surface area contributed by atoms with Crippen LogP contribution in [0.4, 0.5) is 0 Å². The largest absolute Gasteiger partial charge is 0.305 e. The summed E-state index contributed by atoms with van der Waals surface area (Å²) < 4.78 is 2.00. The van der Waals surface area contributed by atoms with Crippen LogP contribution in [0.5, 0.6) is 0 Å². The lowest BCUT2D eigenvalue weighted by atomic mass is 10.0. The van der Waals surface area contributed by atoms with Crippen LogP contribution in [-0.4, -0.2) is 16.3 Å². The number of rotatable bonds is 5. The molecule has 0 aliphatic heterocycles. The number of hydrogen-bond donors (Lipinski definition) is 1. The summed E-state index contributed by atoms with van der Waals surface area (Å²) in [4.78, 5) is 0. The van der Waals surface area contributed by atoms with Crippen molar-refractivity contribution in [1.82, 2.24) is 15.1 Å². The van der Waals surface area contributed by atoms with Crippen LogP contribution in [0.25, 0.3) is 0 Å². The van der Waals surface area contributed by atoms with E-state index in [9.17, 15) is 0 Å². The maximum atomic E-state index is 6.39. The first-order valence-corrected chi connectivity index (χ1v) is 7.45. The van der Waals surface area contributed by atoms with Crippen molar-refractivity contribution in [3.05, 3.63) is 52.3 Å². The molecule has 1 unspecified atom stereocenters. The Labute approximate surface area is 126 Å². The predicted octanol–water partition coefficient (Wildman–Crippen LogP) is 4.12. The Hall–Kier alpha value is -1.32. The second kappa shape index (κ2) is 6.42. The van der Waals surface area contributed by atoms with Gasteiger partial charge in [0.25, 0.3) is 0 Å². The average Bonchev–Trinajstić information content (AvgIpc) is 2.78. The highest BCUT2D eigenvalue weighted by molar-refractivity contribution is 6.31. The molecule has 108 valence electrons. The first kappa shape index (κ1) is 15.1. The van der Waals surface area contributed by atoms with E-state index in [0.717, 1.165) is 12.2 Å². The molecular weight excluding hydrogens is 270 g/mol. The van der Waals surface area contributed by atoms with Crippen LogP contribution in [0, 0.1) is 6.92 Å². The molecule has 0 saturated carbocycles. The van der Waals surface area contributed by atoms with Crippen LogP contribution in [0.1, 0.15) is 49.7 Å². The molecule has 1 N–H and O–H groups in total. The summed E-state index contributed by atoms with van der Waals surface area (Å²) in [7, 11) is 0. The fourth-order valence-electron chi connectivity index (χ4n) is 2.46. The first-order chi connectivity index (χ1) is 9.54. The second-order valence-electron chi connectivity index (χ2n) is 5.32. The monoisotopic (exact) mass is 291 g/mol. The van der Waals surface area contributed by atoms with Gasteiger partial charge in [-0.2, -0.15) is 5.10 Å². The van der Waals surface area contributed by atoms with Gasteiger partial charge in [-0.05, 0) is 32.9 Å². The zero-order valence-corrected chi connectivity index (χ0v) is 13.3. The minimum atomic E-state index is 0.0669. The van der Waals surface area contributed by atoms with E-state index in [4.69, 9.17) is 11.6 Å². The lowest BCUT2D eigenvalue weighted by Crippen LogP contribution is -2.26. The summed E-state index contributed by atoms with van der Waals surface area (Å²) in [6.07, 6.45) is 1.73. The Morgan fingerprint density at radius 3 is 2.70 bits per heavy atom. The van der Waals surface area contributed by atoms with E-state index >= 15 is 0 Å². The number of nitrogens with zero attached hydrogens (tertiary/aromatic N) is 2. The van der Waals surface area contributed by atoms with Gasteiger partial charge in [0.15, 0.2) is 0 Å². The van der Waals surface area contributed by atoms with E-state index in [0.29, 0.717) is 5.02 Å². The molecule has 0 aliphatic rings. The molecule has 2 rings (SSSR count). The number of aromatic nitrogens is 2. The summed E-state index contributed by atoms with van der Waals surface area (Å²) in [5, 5.41) is 8.64. The molecule has 0 radical (unpaired) electrons. The molecule has 2 aromatic rings. The highest BCUT2D eigenvalue weighted by Gasteiger charge is 2.22. The lowest BCUT2D eigenvalue weighted by Gasteiger charge is -2.22. The van der Waals surface area contributed by atoms with Gasteiger partial charge >= 0.3 is 0 Å². The van der Waals surface area contributed by atoms with Gasteiger partial charge in [-0.3, -0.25) is 4.68 Å². The Morgan fingerprint density at radius 2 is 2.10 bits per heavy atom. The number of halogens is 1. The summed E-state index contributed by atoms with van der Waals surface area (Å²) in [6, 6.07) is 8.86. The quantitative estimate of drug-likeness (QED) is 0.898. The molecule has 0 spiro atoms.